The second kappa shape index (κ2) is 3.56. The van der Waals surface area contributed by atoms with Crippen LogP contribution in [0.5, 0.6) is 0 Å². The molecule has 0 aromatic heterocycles. The quantitative estimate of drug-likeness (QED) is 0.640. The smallest absolute Gasteiger partial charge is 0.228 e. The molecule has 0 aromatic rings. The molecule has 2 nitrogen and oxygen atoms in total. The number of amides is 1. The molecule has 1 heterocycles. The molecule has 80 valence electrons. The summed E-state index contributed by atoms with van der Waals surface area (Å²) in [5, 5.41) is 3.09. The zero-order chi connectivity index (χ0) is 10.2. The normalized spacial score (nSPS) is 31.1. The van der Waals surface area contributed by atoms with Gasteiger partial charge in [0.2, 0.25) is 5.91 Å². The maximum absolute atomic E-state index is 11.8. The largest absolute Gasteiger partial charge is 0.351 e. The van der Waals surface area contributed by atoms with Gasteiger partial charge in [-0.2, -0.15) is 0 Å². The summed E-state index contributed by atoms with van der Waals surface area (Å²) in [5.74, 6) is 0.920. The number of nitrogens with one attached hydrogen (secondary N) is 1. The molecule has 2 aliphatic rings. The molecule has 1 atom stereocenters. The van der Waals surface area contributed by atoms with Crippen LogP contribution in [0.1, 0.15) is 52.4 Å². The van der Waals surface area contributed by atoms with E-state index in [4.69, 9.17) is 0 Å². The standard InChI is InChI=1S/C12H21NO/c1-9(2)10-12(11(14)13-10)7-5-3-4-6-8-12/h9-10H,3-8H2,1-2H3,(H,13,14)/t10-/m0/s1. The SMILES string of the molecule is CC(C)[C@@H]1NC(=O)C12CCCCCC2. The van der Waals surface area contributed by atoms with Gasteiger partial charge in [-0.25, -0.2) is 0 Å². The maximum Gasteiger partial charge on any atom is 0.228 e. The van der Waals surface area contributed by atoms with Crippen LogP contribution < -0.4 is 5.32 Å². The molecule has 1 spiro atoms. The Morgan fingerprint density at radius 3 is 2.21 bits per heavy atom. The van der Waals surface area contributed by atoms with E-state index in [9.17, 15) is 4.79 Å². The van der Waals surface area contributed by atoms with Crippen molar-refractivity contribution in [2.45, 2.75) is 58.4 Å². The predicted octanol–water partition coefficient (Wildman–Crippen LogP) is 2.48. The lowest BCUT2D eigenvalue weighted by Gasteiger charge is -2.50. The summed E-state index contributed by atoms with van der Waals surface area (Å²) >= 11 is 0. The van der Waals surface area contributed by atoms with Gasteiger partial charge in [0.1, 0.15) is 0 Å². The zero-order valence-corrected chi connectivity index (χ0v) is 9.31. The Kier molecular flexibility index (Phi) is 2.54. The molecular weight excluding hydrogens is 174 g/mol. The van der Waals surface area contributed by atoms with E-state index in [-0.39, 0.29) is 5.41 Å². The van der Waals surface area contributed by atoms with Crippen molar-refractivity contribution in [2.75, 3.05) is 0 Å². The van der Waals surface area contributed by atoms with Crippen molar-refractivity contribution in [3.8, 4) is 0 Å². The zero-order valence-electron chi connectivity index (χ0n) is 9.31. The first-order valence-corrected chi connectivity index (χ1v) is 5.98. The van der Waals surface area contributed by atoms with Gasteiger partial charge in [0.15, 0.2) is 0 Å². The Balaban J connectivity index is 2.13. The van der Waals surface area contributed by atoms with Crippen LogP contribution in [-0.2, 0) is 4.79 Å². The first-order valence-electron chi connectivity index (χ1n) is 5.98. The van der Waals surface area contributed by atoms with Crippen LogP contribution in [0.4, 0.5) is 0 Å². The van der Waals surface area contributed by atoms with Crippen molar-refractivity contribution < 1.29 is 4.79 Å². The van der Waals surface area contributed by atoms with Gasteiger partial charge in [-0.1, -0.05) is 39.5 Å². The monoisotopic (exact) mass is 195 g/mol. The highest BCUT2D eigenvalue weighted by atomic mass is 16.2. The third kappa shape index (κ3) is 1.35. The summed E-state index contributed by atoms with van der Waals surface area (Å²) in [4.78, 5) is 11.8. The molecular formula is C12H21NO. The number of hydrogen-bond donors (Lipinski definition) is 1. The van der Waals surface area contributed by atoms with E-state index in [2.05, 4.69) is 19.2 Å². The number of rotatable bonds is 1. The summed E-state index contributed by atoms with van der Waals surface area (Å²) in [6.45, 7) is 4.44. The molecule has 0 radical (unpaired) electrons. The highest BCUT2D eigenvalue weighted by Crippen LogP contribution is 2.46. The summed E-state index contributed by atoms with van der Waals surface area (Å²) < 4.78 is 0. The Labute approximate surface area is 86.5 Å². The van der Waals surface area contributed by atoms with Crippen molar-refractivity contribution in [1.82, 2.24) is 5.32 Å². The Morgan fingerprint density at radius 1 is 1.21 bits per heavy atom. The third-order valence-corrected chi connectivity index (χ3v) is 4.00. The van der Waals surface area contributed by atoms with Crippen molar-refractivity contribution in [1.29, 1.82) is 0 Å². The summed E-state index contributed by atoms with van der Waals surface area (Å²) in [6.07, 6.45) is 7.39. The Morgan fingerprint density at radius 2 is 1.79 bits per heavy atom. The third-order valence-electron chi connectivity index (χ3n) is 4.00. The molecule has 1 N–H and O–H groups in total. The number of hydrogen-bond acceptors (Lipinski definition) is 1. The Hall–Kier alpha value is -0.530. The molecule has 0 bridgehead atoms. The van der Waals surface area contributed by atoms with E-state index in [0.717, 1.165) is 12.8 Å². The highest BCUT2D eigenvalue weighted by molar-refractivity contribution is 5.90. The first kappa shape index (κ1) is 10.0. The number of β-lactam (4-membered cyclic amide) rings is 1. The van der Waals surface area contributed by atoms with E-state index >= 15 is 0 Å². The van der Waals surface area contributed by atoms with Crippen LogP contribution in [-0.4, -0.2) is 11.9 Å². The summed E-state index contributed by atoms with van der Waals surface area (Å²) in [5.41, 5.74) is 0.0324. The molecule has 0 unspecified atom stereocenters. The molecule has 1 saturated carbocycles. The molecule has 1 aliphatic carbocycles. The van der Waals surface area contributed by atoms with Gasteiger partial charge in [-0.05, 0) is 18.8 Å². The molecule has 2 heteroatoms. The summed E-state index contributed by atoms with van der Waals surface area (Å²) in [6, 6.07) is 0.452. The van der Waals surface area contributed by atoms with Crippen LogP contribution in [0.15, 0.2) is 0 Å². The highest BCUT2D eigenvalue weighted by Gasteiger charge is 2.54. The molecule has 1 saturated heterocycles. The fourth-order valence-electron chi connectivity index (χ4n) is 3.19. The van der Waals surface area contributed by atoms with E-state index in [1.54, 1.807) is 0 Å². The lowest BCUT2D eigenvalue weighted by atomic mass is 9.64. The summed E-state index contributed by atoms with van der Waals surface area (Å²) in [7, 11) is 0. The molecule has 0 aromatic carbocycles. The topological polar surface area (TPSA) is 29.1 Å². The van der Waals surface area contributed by atoms with E-state index in [0.29, 0.717) is 17.9 Å². The molecule has 2 fully saturated rings. The second-order valence-electron chi connectivity index (χ2n) is 5.27. The van der Waals surface area contributed by atoms with Gasteiger partial charge in [0, 0.05) is 6.04 Å². The molecule has 1 aliphatic heterocycles. The minimum absolute atomic E-state index is 0.0324. The fraction of sp³-hybridized carbons (Fsp3) is 0.917. The molecule has 1 amide bonds. The van der Waals surface area contributed by atoms with Crippen LogP contribution in [0.25, 0.3) is 0 Å². The van der Waals surface area contributed by atoms with Crippen LogP contribution in [0, 0.1) is 11.3 Å². The predicted molar refractivity (Wildman–Crippen MR) is 56.9 cm³/mol. The van der Waals surface area contributed by atoms with Gasteiger partial charge in [0.25, 0.3) is 0 Å². The average molecular weight is 195 g/mol. The van der Waals surface area contributed by atoms with Gasteiger partial charge < -0.3 is 5.32 Å². The van der Waals surface area contributed by atoms with Gasteiger partial charge >= 0.3 is 0 Å². The first-order chi connectivity index (χ1) is 6.67. The second-order valence-corrected chi connectivity index (χ2v) is 5.27. The number of carbonyl (C=O) groups excluding carboxylic acids is 1. The van der Waals surface area contributed by atoms with Crippen LogP contribution >= 0.6 is 0 Å². The minimum Gasteiger partial charge on any atom is -0.351 e. The van der Waals surface area contributed by atoms with Gasteiger partial charge in [0.05, 0.1) is 5.41 Å². The minimum atomic E-state index is 0.0324. The van der Waals surface area contributed by atoms with E-state index in [1.165, 1.54) is 25.7 Å². The maximum atomic E-state index is 11.8. The van der Waals surface area contributed by atoms with E-state index in [1.807, 2.05) is 0 Å². The van der Waals surface area contributed by atoms with Crippen molar-refractivity contribution in [3.05, 3.63) is 0 Å². The fourth-order valence-corrected chi connectivity index (χ4v) is 3.19. The van der Waals surface area contributed by atoms with Crippen LogP contribution in [0.2, 0.25) is 0 Å². The molecule has 2 rings (SSSR count). The van der Waals surface area contributed by atoms with Gasteiger partial charge in [-0.15, -0.1) is 0 Å². The van der Waals surface area contributed by atoms with Crippen molar-refractivity contribution in [3.63, 3.8) is 0 Å². The van der Waals surface area contributed by atoms with Gasteiger partial charge in [-0.3, -0.25) is 4.79 Å². The van der Waals surface area contributed by atoms with Crippen molar-refractivity contribution >= 4 is 5.91 Å². The Bertz CT molecular complexity index is 226. The lowest BCUT2D eigenvalue weighted by Crippen LogP contribution is -2.68. The van der Waals surface area contributed by atoms with E-state index < -0.39 is 0 Å². The average Bonchev–Trinajstić information content (AvgIpc) is 2.40. The van der Waals surface area contributed by atoms with Crippen molar-refractivity contribution in [2.24, 2.45) is 11.3 Å². The van der Waals surface area contributed by atoms with Crippen LogP contribution in [0.3, 0.4) is 0 Å². The number of carbonyl (C=O) groups is 1. The molecule has 14 heavy (non-hydrogen) atoms. The lowest BCUT2D eigenvalue weighted by molar-refractivity contribution is -0.150.